The highest BCUT2D eigenvalue weighted by Gasteiger charge is 2.17. The predicted molar refractivity (Wildman–Crippen MR) is 54.6 cm³/mol. The van der Waals surface area contributed by atoms with E-state index in [1.54, 1.807) is 0 Å². The zero-order valence-corrected chi connectivity index (χ0v) is 8.82. The molecule has 0 heterocycles. The Hall–Kier alpha value is -1.30. The summed E-state index contributed by atoms with van der Waals surface area (Å²) in [5.74, 6) is -1.25. The molecule has 6 nitrogen and oxygen atoms in total. The molecule has 0 aliphatic heterocycles. The second-order valence-corrected chi connectivity index (χ2v) is 3.18. The largest absolute Gasteiger partial charge is 0.480 e. The quantitative estimate of drug-likeness (QED) is 0.449. The first-order valence-corrected chi connectivity index (χ1v) is 4.99. The van der Waals surface area contributed by atoms with Crippen molar-refractivity contribution in [2.24, 2.45) is 0 Å². The molecule has 1 atom stereocenters. The zero-order chi connectivity index (χ0) is 11.7. The number of hydrogen-bond acceptors (Lipinski definition) is 3. The molecule has 88 valence electrons. The number of unbranched alkanes of at least 4 members (excludes halogenated alkanes) is 2. The summed E-state index contributed by atoms with van der Waals surface area (Å²) in [6.07, 6.45) is 2.93. The fourth-order valence-corrected chi connectivity index (χ4v) is 0.972. The van der Waals surface area contributed by atoms with E-state index in [1.165, 1.54) is 0 Å². The number of aliphatic hydroxyl groups is 1. The van der Waals surface area contributed by atoms with Gasteiger partial charge in [0.2, 0.25) is 0 Å². The van der Waals surface area contributed by atoms with E-state index < -0.39 is 24.6 Å². The van der Waals surface area contributed by atoms with Gasteiger partial charge in [-0.15, -0.1) is 0 Å². The summed E-state index contributed by atoms with van der Waals surface area (Å²) in [7, 11) is 0. The average Bonchev–Trinajstić information content (AvgIpc) is 2.20. The lowest BCUT2D eigenvalue weighted by Gasteiger charge is -2.12. The first-order valence-electron chi connectivity index (χ1n) is 4.99. The molecule has 4 N–H and O–H groups in total. The molecule has 0 aromatic rings. The molecule has 15 heavy (non-hydrogen) atoms. The Morgan fingerprint density at radius 1 is 1.33 bits per heavy atom. The Morgan fingerprint density at radius 2 is 2.00 bits per heavy atom. The Kier molecular flexibility index (Phi) is 7.35. The van der Waals surface area contributed by atoms with Crippen LogP contribution in [0.15, 0.2) is 0 Å². The zero-order valence-electron chi connectivity index (χ0n) is 8.82. The van der Waals surface area contributed by atoms with Crippen molar-refractivity contribution < 1.29 is 19.8 Å². The molecule has 0 aromatic heterocycles. The highest BCUT2D eigenvalue weighted by molar-refractivity contribution is 5.82. The third-order valence-corrected chi connectivity index (χ3v) is 1.85. The lowest BCUT2D eigenvalue weighted by atomic mass is 10.2. The molecule has 0 rings (SSSR count). The summed E-state index contributed by atoms with van der Waals surface area (Å²) >= 11 is 0. The van der Waals surface area contributed by atoms with Crippen molar-refractivity contribution >= 4 is 12.0 Å². The molecule has 2 amide bonds. The molecular weight excluding hydrogens is 200 g/mol. The Bertz CT molecular complexity index is 208. The van der Waals surface area contributed by atoms with Crippen molar-refractivity contribution in [3.63, 3.8) is 0 Å². The van der Waals surface area contributed by atoms with Gasteiger partial charge in [-0.25, -0.2) is 9.59 Å². The minimum absolute atomic E-state index is 0.511. The summed E-state index contributed by atoms with van der Waals surface area (Å²) in [6, 6.07) is -1.80. The number of hydrogen-bond donors (Lipinski definition) is 4. The van der Waals surface area contributed by atoms with Crippen LogP contribution in [0.4, 0.5) is 4.79 Å². The fourth-order valence-electron chi connectivity index (χ4n) is 0.972. The lowest BCUT2D eigenvalue weighted by molar-refractivity contribution is -0.140. The van der Waals surface area contributed by atoms with Gasteiger partial charge in [0.15, 0.2) is 6.04 Å². The van der Waals surface area contributed by atoms with E-state index in [1.807, 2.05) is 6.92 Å². The molecule has 0 unspecified atom stereocenters. The third-order valence-electron chi connectivity index (χ3n) is 1.85. The van der Waals surface area contributed by atoms with Crippen molar-refractivity contribution in [2.45, 2.75) is 32.2 Å². The molecular formula is C9H18N2O4. The van der Waals surface area contributed by atoms with Gasteiger partial charge in [-0.05, 0) is 6.42 Å². The topological polar surface area (TPSA) is 98.7 Å². The highest BCUT2D eigenvalue weighted by atomic mass is 16.4. The number of rotatable bonds is 7. The molecule has 0 aromatic carbocycles. The minimum atomic E-state index is -1.25. The summed E-state index contributed by atoms with van der Waals surface area (Å²) in [6.45, 7) is 1.95. The normalized spacial score (nSPS) is 11.9. The molecule has 0 saturated carbocycles. The number of urea groups is 1. The van der Waals surface area contributed by atoms with Crippen molar-refractivity contribution in [1.29, 1.82) is 0 Å². The molecule has 0 fully saturated rings. The molecule has 0 aliphatic carbocycles. The molecule has 0 saturated heterocycles. The van der Waals surface area contributed by atoms with Gasteiger partial charge < -0.3 is 20.8 Å². The SMILES string of the molecule is CCCCCNC(=O)N[C@@H](CO)C(=O)O. The number of aliphatic carboxylic acids is 1. The monoisotopic (exact) mass is 218 g/mol. The second kappa shape index (κ2) is 8.05. The molecule has 6 heteroatoms. The molecule has 0 bridgehead atoms. The van der Waals surface area contributed by atoms with Crippen LogP contribution in [0, 0.1) is 0 Å². The van der Waals surface area contributed by atoms with Crippen LogP contribution in [0.3, 0.4) is 0 Å². The van der Waals surface area contributed by atoms with Crippen LogP contribution in [0.25, 0.3) is 0 Å². The van der Waals surface area contributed by atoms with Crippen molar-refractivity contribution in [2.75, 3.05) is 13.2 Å². The number of aliphatic hydroxyl groups excluding tert-OH is 1. The van der Waals surface area contributed by atoms with Gasteiger partial charge in [-0.1, -0.05) is 19.8 Å². The molecule has 0 spiro atoms. The van der Waals surface area contributed by atoms with Crippen LogP contribution >= 0.6 is 0 Å². The van der Waals surface area contributed by atoms with E-state index in [9.17, 15) is 9.59 Å². The maximum atomic E-state index is 11.1. The van der Waals surface area contributed by atoms with Crippen LogP contribution < -0.4 is 10.6 Å². The molecule has 0 radical (unpaired) electrons. The van der Waals surface area contributed by atoms with Gasteiger partial charge in [0.1, 0.15) is 0 Å². The lowest BCUT2D eigenvalue weighted by Crippen LogP contribution is -2.48. The summed E-state index contributed by atoms with van der Waals surface area (Å²) < 4.78 is 0. The van der Waals surface area contributed by atoms with Gasteiger partial charge in [-0.3, -0.25) is 0 Å². The van der Waals surface area contributed by atoms with Gasteiger partial charge in [-0.2, -0.15) is 0 Å². The van der Waals surface area contributed by atoms with Crippen LogP contribution in [0.5, 0.6) is 0 Å². The number of carboxylic acid groups (broad SMARTS) is 1. The number of carbonyl (C=O) groups is 2. The Balaban J connectivity index is 3.67. The van der Waals surface area contributed by atoms with E-state index in [0.29, 0.717) is 6.54 Å². The van der Waals surface area contributed by atoms with Crippen LogP contribution in [-0.4, -0.2) is 41.4 Å². The number of amides is 2. The Labute approximate surface area is 88.7 Å². The predicted octanol–water partition coefficient (Wildman–Crippen LogP) is -0.0787. The first kappa shape index (κ1) is 13.7. The smallest absolute Gasteiger partial charge is 0.328 e. The average molecular weight is 218 g/mol. The van der Waals surface area contributed by atoms with E-state index in [2.05, 4.69) is 10.6 Å². The van der Waals surface area contributed by atoms with Crippen LogP contribution in [0.2, 0.25) is 0 Å². The highest BCUT2D eigenvalue weighted by Crippen LogP contribution is 1.91. The van der Waals surface area contributed by atoms with Crippen molar-refractivity contribution in [3.05, 3.63) is 0 Å². The van der Waals surface area contributed by atoms with Crippen LogP contribution in [0.1, 0.15) is 26.2 Å². The van der Waals surface area contributed by atoms with Crippen molar-refractivity contribution in [3.8, 4) is 0 Å². The second-order valence-electron chi connectivity index (χ2n) is 3.18. The van der Waals surface area contributed by atoms with Gasteiger partial charge in [0, 0.05) is 6.54 Å². The standard InChI is InChI=1S/C9H18N2O4/c1-2-3-4-5-10-9(15)11-7(6-12)8(13)14/h7,12H,2-6H2,1H3,(H,13,14)(H2,10,11,15)/t7-/m0/s1. The van der Waals surface area contributed by atoms with E-state index in [4.69, 9.17) is 10.2 Å². The van der Waals surface area contributed by atoms with Crippen LogP contribution in [-0.2, 0) is 4.79 Å². The van der Waals surface area contributed by atoms with E-state index >= 15 is 0 Å². The maximum absolute atomic E-state index is 11.1. The summed E-state index contributed by atoms with van der Waals surface area (Å²) in [5, 5.41) is 21.8. The number of carbonyl (C=O) groups excluding carboxylic acids is 1. The fraction of sp³-hybridized carbons (Fsp3) is 0.778. The summed E-state index contributed by atoms with van der Waals surface area (Å²) in [5.41, 5.74) is 0. The van der Waals surface area contributed by atoms with E-state index in [0.717, 1.165) is 19.3 Å². The van der Waals surface area contributed by atoms with E-state index in [-0.39, 0.29) is 0 Å². The van der Waals surface area contributed by atoms with Gasteiger partial charge in [0.05, 0.1) is 6.61 Å². The third kappa shape index (κ3) is 6.73. The van der Waals surface area contributed by atoms with Gasteiger partial charge >= 0.3 is 12.0 Å². The maximum Gasteiger partial charge on any atom is 0.328 e. The number of nitrogens with one attached hydrogen (secondary N) is 2. The Morgan fingerprint density at radius 3 is 2.47 bits per heavy atom. The summed E-state index contributed by atoms with van der Waals surface area (Å²) in [4.78, 5) is 21.5. The first-order chi connectivity index (χ1) is 7.11. The number of carboxylic acids is 1. The van der Waals surface area contributed by atoms with Crippen molar-refractivity contribution in [1.82, 2.24) is 10.6 Å². The van der Waals surface area contributed by atoms with Gasteiger partial charge in [0.25, 0.3) is 0 Å². The minimum Gasteiger partial charge on any atom is -0.480 e. The molecule has 0 aliphatic rings.